The van der Waals surface area contributed by atoms with E-state index in [4.69, 9.17) is 9.72 Å². The lowest BCUT2D eigenvalue weighted by Crippen LogP contribution is -2.13. The summed E-state index contributed by atoms with van der Waals surface area (Å²) >= 11 is 0. The Labute approximate surface area is 156 Å². The second-order valence-electron chi connectivity index (χ2n) is 6.45. The molecule has 1 unspecified atom stereocenters. The van der Waals surface area contributed by atoms with E-state index in [1.54, 1.807) is 19.2 Å². The van der Waals surface area contributed by atoms with Crippen LogP contribution in [0.15, 0.2) is 47.7 Å². The summed E-state index contributed by atoms with van der Waals surface area (Å²) in [5.74, 6) is 0.770. The van der Waals surface area contributed by atoms with E-state index < -0.39 is 0 Å². The molecule has 4 rings (SSSR count). The lowest BCUT2D eigenvalue weighted by molar-refractivity contribution is 0.112. The van der Waals surface area contributed by atoms with Crippen LogP contribution in [0.5, 0.6) is 5.75 Å². The monoisotopic (exact) mass is 361 g/mol. The van der Waals surface area contributed by atoms with Gasteiger partial charge >= 0.3 is 0 Å². The number of carbonyl (C=O) groups is 1. The van der Waals surface area contributed by atoms with Gasteiger partial charge in [-0.25, -0.2) is 4.98 Å². The molecule has 0 bridgehead atoms. The van der Waals surface area contributed by atoms with E-state index in [0.717, 1.165) is 40.9 Å². The highest BCUT2D eigenvalue weighted by Crippen LogP contribution is 2.26. The molecule has 0 fully saturated rings. The summed E-state index contributed by atoms with van der Waals surface area (Å²) < 4.78 is 5.25. The summed E-state index contributed by atoms with van der Waals surface area (Å²) in [4.78, 5) is 20.4. The van der Waals surface area contributed by atoms with Crippen molar-refractivity contribution in [1.82, 2.24) is 15.0 Å². The standard InChI is InChI=1S/C20H19N5O2/c1-25-11-14(9-22-25)20-10-21-18-4-3-15(8-19(18)24-20)23-16-5-13(12-26)6-17(7-16)27-2/h3-10,12,14,23H,11H2,1-2H3. The van der Waals surface area contributed by atoms with Gasteiger partial charge in [-0.3, -0.25) is 14.8 Å². The molecule has 27 heavy (non-hydrogen) atoms. The summed E-state index contributed by atoms with van der Waals surface area (Å²) in [6.07, 6.45) is 4.50. The molecule has 2 aromatic carbocycles. The van der Waals surface area contributed by atoms with Gasteiger partial charge in [0.15, 0.2) is 0 Å². The largest absolute Gasteiger partial charge is 0.497 e. The zero-order valence-corrected chi connectivity index (χ0v) is 15.1. The van der Waals surface area contributed by atoms with Crippen molar-refractivity contribution < 1.29 is 9.53 Å². The number of aromatic nitrogens is 2. The van der Waals surface area contributed by atoms with Gasteiger partial charge in [-0.1, -0.05) is 0 Å². The van der Waals surface area contributed by atoms with Crippen LogP contribution in [-0.4, -0.2) is 48.2 Å². The fraction of sp³-hybridized carbons (Fsp3) is 0.200. The third-order valence-electron chi connectivity index (χ3n) is 4.43. The normalized spacial score (nSPS) is 15.9. The molecule has 0 saturated carbocycles. The molecule has 1 N–H and O–H groups in total. The summed E-state index contributed by atoms with van der Waals surface area (Å²) in [5.41, 5.74) is 4.70. The average molecular weight is 361 g/mol. The first-order chi connectivity index (χ1) is 13.1. The highest BCUT2D eigenvalue weighted by molar-refractivity contribution is 5.83. The van der Waals surface area contributed by atoms with Crippen molar-refractivity contribution in [2.75, 3.05) is 26.0 Å². The van der Waals surface area contributed by atoms with Crippen molar-refractivity contribution in [3.8, 4) is 5.75 Å². The number of hydrazone groups is 1. The second-order valence-corrected chi connectivity index (χ2v) is 6.45. The Morgan fingerprint density at radius 3 is 2.81 bits per heavy atom. The Morgan fingerprint density at radius 1 is 1.19 bits per heavy atom. The molecule has 1 aliphatic heterocycles. The molecule has 1 aliphatic rings. The third-order valence-corrected chi connectivity index (χ3v) is 4.43. The molecule has 7 heteroatoms. The number of rotatable bonds is 5. The minimum absolute atomic E-state index is 0.150. The Balaban J connectivity index is 1.64. The van der Waals surface area contributed by atoms with Crippen molar-refractivity contribution >= 4 is 34.9 Å². The van der Waals surface area contributed by atoms with Gasteiger partial charge in [-0.2, -0.15) is 5.10 Å². The zero-order valence-electron chi connectivity index (χ0n) is 15.1. The Bertz CT molecular complexity index is 1030. The van der Waals surface area contributed by atoms with E-state index in [-0.39, 0.29) is 5.92 Å². The molecular formula is C20H19N5O2. The van der Waals surface area contributed by atoms with E-state index in [2.05, 4.69) is 15.4 Å². The minimum atomic E-state index is 0.150. The quantitative estimate of drug-likeness (QED) is 0.703. The van der Waals surface area contributed by atoms with Crippen molar-refractivity contribution in [2.24, 2.45) is 5.10 Å². The predicted octanol–water partition coefficient (Wildman–Crippen LogP) is 3.21. The SMILES string of the molecule is COc1cc(C=O)cc(Nc2ccc3ncc(C4C=NN(C)C4)nc3c2)c1. The molecule has 0 aliphatic carbocycles. The number of nitrogens with one attached hydrogen (secondary N) is 1. The summed E-state index contributed by atoms with van der Waals surface area (Å²) in [6, 6.07) is 11.1. The van der Waals surface area contributed by atoms with Crippen molar-refractivity contribution in [3.05, 3.63) is 53.9 Å². The molecule has 1 atom stereocenters. The molecule has 0 amide bonds. The molecule has 2 heterocycles. The maximum atomic E-state index is 11.1. The van der Waals surface area contributed by atoms with Crippen LogP contribution >= 0.6 is 0 Å². The van der Waals surface area contributed by atoms with Crippen molar-refractivity contribution in [1.29, 1.82) is 0 Å². The van der Waals surface area contributed by atoms with Gasteiger partial charge in [0.25, 0.3) is 0 Å². The fourth-order valence-electron chi connectivity index (χ4n) is 3.07. The third kappa shape index (κ3) is 3.57. The molecule has 7 nitrogen and oxygen atoms in total. The highest BCUT2D eigenvalue weighted by atomic mass is 16.5. The zero-order chi connectivity index (χ0) is 18.8. The maximum Gasteiger partial charge on any atom is 0.150 e. The van der Waals surface area contributed by atoms with Gasteiger partial charge in [0.2, 0.25) is 0 Å². The molecule has 136 valence electrons. The topological polar surface area (TPSA) is 79.7 Å². The minimum Gasteiger partial charge on any atom is -0.497 e. The van der Waals surface area contributed by atoms with Crippen molar-refractivity contribution in [3.63, 3.8) is 0 Å². The Kier molecular flexibility index (Phi) is 4.42. The van der Waals surface area contributed by atoms with E-state index >= 15 is 0 Å². The van der Waals surface area contributed by atoms with Gasteiger partial charge in [-0.05, 0) is 30.3 Å². The van der Waals surface area contributed by atoms with Gasteiger partial charge in [-0.15, -0.1) is 0 Å². The van der Waals surface area contributed by atoms with Gasteiger partial charge < -0.3 is 10.1 Å². The molecule has 0 spiro atoms. The molecule has 3 aromatic rings. The van der Waals surface area contributed by atoms with E-state index in [0.29, 0.717) is 11.3 Å². The second kappa shape index (κ2) is 7.03. The number of aldehydes is 1. The number of hydrogen-bond acceptors (Lipinski definition) is 7. The van der Waals surface area contributed by atoms with Crippen LogP contribution in [0.1, 0.15) is 22.0 Å². The lowest BCUT2D eigenvalue weighted by Gasteiger charge is -2.12. The van der Waals surface area contributed by atoms with Crippen LogP contribution in [0.25, 0.3) is 11.0 Å². The van der Waals surface area contributed by atoms with Crippen LogP contribution in [0.2, 0.25) is 0 Å². The van der Waals surface area contributed by atoms with Crippen LogP contribution in [-0.2, 0) is 0 Å². The Hall–Kier alpha value is -3.48. The first kappa shape index (κ1) is 17.0. The lowest BCUT2D eigenvalue weighted by atomic mass is 10.1. The number of likely N-dealkylation sites (N-methyl/N-ethyl adjacent to an activating group) is 1. The first-order valence-electron chi connectivity index (χ1n) is 8.58. The van der Waals surface area contributed by atoms with Crippen molar-refractivity contribution in [2.45, 2.75) is 5.92 Å². The smallest absolute Gasteiger partial charge is 0.150 e. The highest BCUT2D eigenvalue weighted by Gasteiger charge is 2.18. The summed E-state index contributed by atoms with van der Waals surface area (Å²) in [6.45, 7) is 0.802. The maximum absolute atomic E-state index is 11.1. The Morgan fingerprint density at radius 2 is 2.07 bits per heavy atom. The first-order valence-corrected chi connectivity index (χ1v) is 8.58. The number of carbonyl (C=O) groups excluding carboxylic acids is 1. The van der Waals surface area contributed by atoms with Gasteiger partial charge in [0, 0.05) is 49.0 Å². The van der Waals surface area contributed by atoms with Gasteiger partial charge in [0.1, 0.15) is 12.0 Å². The fourth-order valence-corrected chi connectivity index (χ4v) is 3.07. The number of ether oxygens (including phenoxy) is 1. The number of benzene rings is 2. The van der Waals surface area contributed by atoms with E-state index in [1.807, 2.05) is 48.7 Å². The van der Waals surface area contributed by atoms with E-state index in [9.17, 15) is 4.79 Å². The van der Waals surface area contributed by atoms with Gasteiger partial charge in [0.05, 0.1) is 29.8 Å². The molecule has 0 saturated heterocycles. The predicted molar refractivity (Wildman–Crippen MR) is 105 cm³/mol. The molecule has 1 aromatic heterocycles. The van der Waals surface area contributed by atoms with Crippen LogP contribution in [0, 0.1) is 0 Å². The number of hydrogen-bond donors (Lipinski definition) is 1. The summed E-state index contributed by atoms with van der Waals surface area (Å²) in [7, 11) is 3.51. The number of fused-ring (bicyclic) bond motifs is 1. The van der Waals surface area contributed by atoms with Crippen LogP contribution in [0.3, 0.4) is 0 Å². The summed E-state index contributed by atoms with van der Waals surface area (Å²) in [5, 5.41) is 9.46. The average Bonchev–Trinajstić information content (AvgIpc) is 3.13. The van der Waals surface area contributed by atoms with E-state index in [1.165, 1.54) is 0 Å². The number of methoxy groups -OCH3 is 1. The number of nitrogens with zero attached hydrogens (tertiary/aromatic N) is 4. The van der Waals surface area contributed by atoms with Crippen LogP contribution in [0.4, 0.5) is 11.4 Å². The number of anilines is 2. The molecular weight excluding hydrogens is 342 g/mol. The van der Waals surface area contributed by atoms with Crippen LogP contribution < -0.4 is 10.1 Å². The molecule has 0 radical (unpaired) electrons.